The van der Waals surface area contributed by atoms with E-state index in [0.29, 0.717) is 19.3 Å². The monoisotopic (exact) mass is 969 g/mol. The Kier molecular flexibility index (Phi) is 19.0. The van der Waals surface area contributed by atoms with Gasteiger partial charge in [-0.1, -0.05) is 86.7 Å². The maximum atomic E-state index is 14.6. The van der Waals surface area contributed by atoms with E-state index >= 15 is 0 Å². The van der Waals surface area contributed by atoms with Gasteiger partial charge in [-0.05, 0) is 72.7 Å². The van der Waals surface area contributed by atoms with Gasteiger partial charge in [0.2, 0.25) is 47.3 Å². The SMILES string of the molecule is CC(=O)NCC(=O)N[C@@H](Cc1cccs1)C(=O)N[C@@H](CCCN)C(=O)N1CC[C@H]1C(=O)N[C@H](CC1CCCCC1)C(=O)N[C@@H](Cc1cc2ccccc2s1)C(=O)N[C@@H](Cc1ccccc1)C(N)=O. The van der Waals surface area contributed by atoms with Crippen LogP contribution in [0, 0.1) is 5.92 Å². The maximum absolute atomic E-state index is 14.6. The summed E-state index contributed by atoms with van der Waals surface area (Å²) in [6.45, 7) is 1.38. The van der Waals surface area contributed by atoms with Crippen molar-refractivity contribution in [1.29, 1.82) is 0 Å². The Labute approximate surface area is 404 Å². The third-order valence-electron chi connectivity index (χ3n) is 12.4. The zero-order chi connectivity index (χ0) is 48.6. The van der Waals surface area contributed by atoms with E-state index in [4.69, 9.17) is 11.5 Å². The summed E-state index contributed by atoms with van der Waals surface area (Å²) >= 11 is 2.88. The Morgan fingerprint density at radius 2 is 1.37 bits per heavy atom. The number of primary amides is 1. The second kappa shape index (κ2) is 25.3. The highest BCUT2D eigenvalue weighted by molar-refractivity contribution is 7.19. The molecular weight excluding hydrogens is 907 g/mol. The number of likely N-dealkylation sites (tertiary alicyclic amines) is 1. The molecule has 10 N–H and O–H groups in total. The van der Waals surface area contributed by atoms with Crippen LogP contribution in [0.3, 0.4) is 0 Å². The zero-order valence-electron chi connectivity index (χ0n) is 38.3. The van der Waals surface area contributed by atoms with Crippen LogP contribution in [0.2, 0.25) is 0 Å². The van der Waals surface area contributed by atoms with Gasteiger partial charge in [-0.25, -0.2) is 0 Å². The summed E-state index contributed by atoms with van der Waals surface area (Å²) in [6.07, 6.45) is 6.29. The summed E-state index contributed by atoms with van der Waals surface area (Å²) in [4.78, 5) is 111. The van der Waals surface area contributed by atoms with Crippen molar-refractivity contribution in [3.05, 3.63) is 93.5 Å². The van der Waals surface area contributed by atoms with Gasteiger partial charge >= 0.3 is 0 Å². The maximum Gasteiger partial charge on any atom is 0.245 e. The topological polar surface area (TPSA) is 264 Å². The third kappa shape index (κ3) is 14.9. The van der Waals surface area contributed by atoms with Crippen LogP contribution >= 0.6 is 22.7 Å². The quantitative estimate of drug-likeness (QED) is 0.0512. The highest BCUT2D eigenvalue weighted by Crippen LogP contribution is 2.29. The largest absolute Gasteiger partial charge is 0.368 e. The molecular formula is C49H63N9O8S2. The predicted molar refractivity (Wildman–Crippen MR) is 261 cm³/mol. The lowest BCUT2D eigenvalue weighted by Gasteiger charge is -2.42. The van der Waals surface area contributed by atoms with Crippen molar-refractivity contribution in [2.45, 2.75) is 120 Å². The van der Waals surface area contributed by atoms with Gasteiger partial charge in [0.15, 0.2) is 0 Å². The van der Waals surface area contributed by atoms with Gasteiger partial charge in [0.1, 0.15) is 36.3 Å². The first-order valence-electron chi connectivity index (χ1n) is 23.4. The first kappa shape index (κ1) is 51.2. The Hall–Kier alpha value is -6.18. The molecule has 1 aliphatic heterocycles. The second-order valence-corrected chi connectivity index (χ2v) is 19.8. The number of carbonyl (C=O) groups excluding carboxylic acids is 8. The van der Waals surface area contributed by atoms with Crippen LogP contribution in [0.25, 0.3) is 10.1 Å². The Morgan fingerprint density at radius 1 is 0.706 bits per heavy atom. The molecule has 6 rings (SSSR count). The number of nitrogens with zero attached hydrogens (tertiary/aromatic N) is 1. The van der Waals surface area contributed by atoms with Crippen LogP contribution in [-0.2, 0) is 57.6 Å². The lowest BCUT2D eigenvalue weighted by Crippen LogP contribution is -2.65. The summed E-state index contributed by atoms with van der Waals surface area (Å²) < 4.78 is 1.00. The van der Waals surface area contributed by atoms with Crippen molar-refractivity contribution in [3.8, 4) is 0 Å². The van der Waals surface area contributed by atoms with Gasteiger partial charge in [-0.2, -0.15) is 0 Å². The van der Waals surface area contributed by atoms with Crippen molar-refractivity contribution < 1.29 is 38.4 Å². The molecule has 1 aliphatic carbocycles. The van der Waals surface area contributed by atoms with Crippen molar-refractivity contribution >= 4 is 80.0 Å². The summed E-state index contributed by atoms with van der Waals surface area (Å²) in [5, 5.41) is 19.4. The number of nitrogens with one attached hydrogen (secondary N) is 6. The number of benzene rings is 2. The lowest BCUT2D eigenvalue weighted by molar-refractivity contribution is -0.151. The minimum Gasteiger partial charge on any atom is -0.368 e. The molecule has 364 valence electrons. The van der Waals surface area contributed by atoms with Crippen LogP contribution in [0.1, 0.15) is 80.0 Å². The first-order chi connectivity index (χ1) is 32.8. The molecule has 6 atom stereocenters. The Morgan fingerprint density at radius 3 is 2.01 bits per heavy atom. The van der Waals surface area contributed by atoms with E-state index in [1.165, 1.54) is 34.5 Å². The number of rotatable bonds is 24. The number of carbonyl (C=O) groups is 8. The van der Waals surface area contributed by atoms with Gasteiger partial charge in [0.25, 0.3) is 0 Å². The molecule has 2 fully saturated rings. The number of fused-ring (bicyclic) bond motifs is 1. The molecule has 3 heterocycles. The lowest BCUT2D eigenvalue weighted by atomic mass is 9.84. The summed E-state index contributed by atoms with van der Waals surface area (Å²) in [6, 6.07) is 16.1. The fourth-order valence-electron chi connectivity index (χ4n) is 8.69. The molecule has 4 aromatic rings. The van der Waals surface area contributed by atoms with Gasteiger partial charge in [-0.3, -0.25) is 38.4 Å². The Bertz CT molecular complexity index is 2340. The van der Waals surface area contributed by atoms with E-state index in [2.05, 4.69) is 31.9 Å². The van der Waals surface area contributed by atoms with Crippen molar-refractivity contribution in [1.82, 2.24) is 36.8 Å². The molecule has 2 aromatic heterocycles. The van der Waals surface area contributed by atoms with Gasteiger partial charge in [0.05, 0.1) is 6.54 Å². The summed E-state index contributed by atoms with van der Waals surface area (Å²) in [5.41, 5.74) is 12.4. The fraction of sp³-hybridized carbons (Fsp3) is 0.469. The average molecular weight is 970 g/mol. The van der Waals surface area contributed by atoms with Crippen LogP contribution in [0.4, 0.5) is 0 Å². The highest BCUT2D eigenvalue weighted by atomic mass is 32.1. The van der Waals surface area contributed by atoms with Crippen LogP contribution < -0.4 is 43.4 Å². The predicted octanol–water partition coefficient (Wildman–Crippen LogP) is 2.35. The van der Waals surface area contributed by atoms with Crippen LogP contribution in [0.15, 0.2) is 78.2 Å². The molecule has 1 saturated carbocycles. The minimum absolute atomic E-state index is 0.103. The molecule has 2 aromatic carbocycles. The fourth-order valence-corrected chi connectivity index (χ4v) is 10.5. The van der Waals surface area contributed by atoms with E-state index < -0.39 is 83.5 Å². The van der Waals surface area contributed by atoms with Crippen LogP contribution in [0.5, 0.6) is 0 Å². The second-order valence-electron chi connectivity index (χ2n) is 17.6. The van der Waals surface area contributed by atoms with Gasteiger partial charge in [0, 0.05) is 47.2 Å². The first-order valence-corrected chi connectivity index (χ1v) is 25.1. The van der Waals surface area contributed by atoms with E-state index in [9.17, 15) is 38.4 Å². The van der Waals surface area contributed by atoms with Crippen molar-refractivity contribution in [3.63, 3.8) is 0 Å². The number of nitrogens with two attached hydrogens (primary N) is 2. The summed E-state index contributed by atoms with van der Waals surface area (Å²) in [5.74, 6) is -4.47. The molecule has 8 amide bonds. The molecule has 0 bridgehead atoms. The number of hydrogen-bond donors (Lipinski definition) is 8. The molecule has 0 unspecified atom stereocenters. The van der Waals surface area contributed by atoms with E-state index in [1.54, 1.807) is 0 Å². The molecule has 68 heavy (non-hydrogen) atoms. The van der Waals surface area contributed by atoms with Crippen molar-refractivity contribution in [2.75, 3.05) is 19.6 Å². The minimum atomic E-state index is -1.15. The van der Waals surface area contributed by atoms with E-state index in [0.717, 1.165) is 57.5 Å². The molecule has 1 saturated heterocycles. The molecule has 0 spiro atoms. The van der Waals surface area contributed by atoms with Gasteiger partial charge < -0.3 is 48.3 Å². The Balaban J connectivity index is 1.18. The van der Waals surface area contributed by atoms with E-state index in [-0.39, 0.29) is 51.2 Å². The number of thiophene rings is 2. The smallest absolute Gasteiger partial charge is 0.245 e. The third-order valence-corrected chi connectivity index (χ3v) is 14.5. The van der Waals surface area contributed by atoms with Crippen molar-refractivity contribution in [2.24, 2.45) is 17.4 Å². The molecule has 0 radical (unpaired) electrons. The summed E-state index contributed by atoms with van der Waals surface area (Å²) in [7, 11) is 0. The number of amides is 8. The molecule has 19 heteroatoms. The normalized spacial score (nSPS) is 17.0. The molecule has 17 nitrogen and oxygen atoms in total. The number of hydrogen-bond acceptors (Lipinski definition) is 11. The zero-order valence-corrected chi connectivity index (χ0v) is 40.0. The average Bonchev–Trinajstić information content (AvgIpc) is 3.98. The van der Waals surface area contributed by atoms with Gasteiger partial charge in [-0.15, -0.1) is 22.7 Å². The standard InChI is InChI=1S/C49H63N9O8S2/c1-30(59)52-29-43(60)53-39(27-34-17-11-23-67-34)46(63)54-36(18-10-21-50)49(66)58-22-20-41(58)48(65)57-38(25-32-14-6-3-7-15-32)45(62)56-40(28-35-26-33-16-8-9-19-42(33)68-35)47(64)55-37(44(51)61)24-31-12-4-2-5-13-31/h2,4-5,8-9,11-13,16-17,19,23,26,32,36-41H,3,6-7,10,14-15,18,20-22,24-25,27-29,50H2,1H3,(H2,51,61)(H,52,59)(H,53,60)(H,54,63)(H,55,64)(H,56,62)(H,57,65)/t36-,37-,38+,39-,40-,41-/m0/s1. The molecule has 2 aliphatic rings. The van der Waals surface area contributed by atoms with E-state index in [1.807, 2.05) is 78.2 Å². The van der Waals surface area contributed by atoms with Crippen LogP contribution in [-0.4, -0.2) is 108 Å². The highest BCUT2D eigenvalue weighted by Gasteiger charge is 2.42.